The molecule has 0 aliphatic carbocycles. The summed E-state index contributed by atoms with van der Waals surface area (Å²) in [5.74, 6) is -0.676. The Bertz CT molecular complexity index is 477. The van der Waals surface area contributed by atoms with E-state index in [1.54, 1.807) is 0 Å². The van der Waals surface area contributed by atoms with Crippen LogP contribution >= 0.6 is 0 Å². The fourth-order valence-corrected chi connectivity index (χ4v) is 1.15. The van der Waals surface area contributed by atoms with Gasteiger partial charge in [-0.15, -0.1) is 0 Å². The molecule has 4 nitrogen and oxygen atoms in total. The Balaban J connectivity index is 3.15. The number of halogens is 3. The predicted octanol–water partition coefficient (Wildman–Crippen LogP) is 1.69. The van der Waals surface area contributed by atoms with E-state index in [0.717, 1.165) is 19.4 Å². The van der Waals surface area contributed by atoms with Gasteiger partial charge in [-0.3, -0.25) is 4.79 Å². The van der Waals surface area contributed by atoms with Crippen LogP contribution in [0.15, 0.2) is 12.3 Å². The normalized spacial score (nSPS) is 10.8. The van der Waals surface area contributed by atoms with Crippen LogP contribution in [-0.4, -0.2) is 18.1 Å². The van der Waals surface area contributed by atoms with Gasteiger partial charge in [-0.05, 0) is 11.6 Å². The van der Waals surface area contributed by atoms with Gasteiger partial charge < -0.3 is 4.74 Å². The van der Waals surface area contributed by atoms with E-state index in [4.69, 9.17) is 5.26 Å². The lowest BCUT2D eigenvalue weighted by molar-refractivity contribution is -0.140. The van der Waals surface area contributed by atoms with E-state index in [2.05, 4.69) is 9.72 Å². The molecule has 0 bridgehead atoms. The molecule has 0 aromatic carbocycles. The van der Waals surface area contributed by atoms with Gasteiger partial charge in [-0.25, -0.2) is 4.98 Å². The first-order chi connectivity index (χ1) is 7.88. The van der Waals surface area contributed by atoms with Crippen LogP contribution in [0.5, 0.6) is 0 Å². The van der Waals surface area contributed by atoms with Crippen molar-refractivity contribution in [1.82, 2.24) is 4.98 Å². The highest BCUT2D eigenvalue weighted by molar-refractivity contribution is 5.72. The van der Waals surface area contributed by atoms with E-state index >= 15 is 0 Å². The molecule has 0 radical (unpaired) electrons. The molecule has 17 heavy (non-hydrogen) atoms. The number of nitrogens with zero attached hydrogens (tertiary/aromatic N) is 2. The number of carbonyl (C=O) groups is 1. The highest BCUT2D eigenvalue weighted by Crippen LogP contribution is 2.31. The average molecular weight is 244 g/mol. The van der Waals surface area contributed by atoms with Crippen LogP contribution in [0.2, 0.25) is 0 Å². The third-order valence-corrected chi connectivity index (χ3v) is 1.93. The number of esters is 1. The molecule has 0 fully saturated rings. The van der Waals surface area contributed by atoms with E-state index in [9.17, 15) is 18.0 Å². The van der Waals surface area contributed by atoms with Gasteiger partial charge in [-0.2, -0.15) is 18.4 Å². The quantitative estimate of drug-likeness (QED) is 0.742. The van der Waals surface area contributed by atoms with E-state index in [1.165, 1.54) is 6.07 Å². The Labute approximate surface area is 94.6 Å². The molecule has 1 rings (SSSR count). The zero-order valence-corrected chi connectivity index (χ0v) is 8.71. The lowest BCUT2D eigenvalue weighted by atomic mass is 10.1. The molecule has 0 atom stereocenters. The first kappa shape index (κ1) is 13.0. The van der Waals surface area contributed by atoms with E-state index in [0.29, 0.717) is 0 Å². The summed E-state index contributed by atoms with van der Waals surface area (Å²) in [5.41, 5.74) is -1.82. The van der Waals surface area contributed by atoms with Crippen molar-refractivity contribution in [3.8, 4) is 6.07 Å². The number of alkyl halides is 3. The molecule has 1 heterocycles. The number of carbonyl (C=O) groups excluding carboxylic acids is 1. The molecule has 0 N–H and O–H groups in total. The second-order valence-corrected chi connectivity index (χ2v) is 3.10. The van der Waals surface area contributed by atoms with Gasteiger partial charge in [0, 0.05) is 6.20 Å². The molecule has 0 aliphatic heterocycles. The zero-order valence-electron chi connectivity index (χ0n) is 8.71. The first-order valence-electron chi connectivity index (χ1n) is 4.41. The van der Waals surface area contributed by atoms with Crippen LogP contribution in [0.4, 0.5) is 13.2 Å². The van der Waals surface area contributed by atoms with Gasteiger partial charge in [0.1, 0.15) is 6.07 Å². The third kappa shape index (κ3) is 3.17. The standard InChI is InChI=1S/C10H7F3N2O2/c1-17-9(16)3-6-2-7(10(11,12)13)8(4-14)15-5-6/h2,5H,3H2,1H3. The van der Waals surface area contributed by atoms with Crippen molar-refractivity contribution in [2.45, 2.75) is 12.6 Å². The summed E-state index contributed by atoms with van der Waals surface area (Å²) < 4.78 is 41.9. The highest BCUT2D eigenvalue weighted by Gasteiger charge is 2.34. The minimum absolute atomic E-state index is 0.0446. The minimum Gasteiger partial charge on any atom is -0.469 e. The molecule has 0 unspecified atom stereocenters. The maximum atomic E-state index is 12.5. The van der Waals surface area contributed by atoms with Crippen LogP contribution < -0.4 is 0 Å². The second-order valence-electron chi connectivity index (χ2n) is 3.10. The highest BCUT2D eigenvalue weighted by atomic mass is 19.4. The van der Waals surface area contributed by atoms with Crippen molar-refractivity contribution in [1.29, 1.82) is 5.26 Å². The molecule has 0 saturated carbocycles. The molecule has 1 aromatic rings. The largest absolute Gasteiger partial charge is 0.469 e. The number of rotatable bonds is 2. The SMILES string of the molecule is COC(=O)Cc1cnc(C#N)c(C(F)(F)F)c1. The van der Waals surface area contributed by atoms with Gasteiger partial charge in [0.15, 0.2) is 5.69 Å². The summed E-state index contributed by atoms with van der Waals surface area (Å²) in [6.07, 6.45) is -3.95. The van der Waals surface area contributed by atoms with Crippen molar-refractivity contribution in [3.05, 3.63) is 29.1 Å². The van der Waals surface area contributed by atoms with Crippen molar-refractivity contribution >= 4 is 5.97 Å². The number of aromatic nitrogens is 1. The van der Waals surface area contributed by atoms with Crippen molar-refractivity contribution in [2.24, 2.45) is 0 Å². The van der Waals surface area contributed by atoms with Crippen LogP contribution in [0.3, 0.4) is 0 Å². The maximum Gasteiger partial charge on any atom is 0.419 e. The maximum absolute atomic E-state index is 12.5. The molecule has 90 valence electrons. The van der Waals surface area contributed by atoms with Crippen LogP contribution in [0.25, 0.3) is 0 Å². The van der Waals surface area contributed by atoms with Crippen LogP contribution in [0.1, 0.15) is 16.8 Å². The summed E-state index contributed by atoms with van der Waals surface area (Å²) in [7, 11) is 1.13. The molecule has 0 amide bonds. The van der Waals surface area contributed by atoms with E-state index in [1.807, 2.05) is 0 Å². The average Bonchev–Trinajstić information content (AvgIpc) is 2.27. The van der Waals surface area contributed by atoms with E-state index < -0.39 is 23.4 Å². The summed E-state index contributed by atoms with van der Waals surface area (Å²) in [6.45, 7) is 0. The van der Waals surface area contributed by atoms with Crippen molar-refractivity contribution in [3.63, 3.8) is 0 Å². The molecule has 7 heteroatoms. The molecule has 0 aliphatic rings. The topological polar surface area (TPSA) is 63.0 Å². The molecule has 1 aromatic heterocycles. The number of hydrogen-bond acceptors (Lipinski definition) is 4. The van der Waals surface area contributed by atoms with E-state index in [-0.39, 0.29) is 12.0 Å². The summed E-state index contributed by atoms with van der Waals surface area (Å²) in [5, 5.41) is 8.50. The molecule has 0 saturated heterocycles. The molecular weight excluding hydrogens is 237 g/mol. The smallest absolute Gasteiger partial charge is 0.419 e. The fourth-order valence-electron chi connectivity index (χ4n) is 1.15. The minimum atomic E-state index is -4.68. The third-order valence-electron chi connectivity index (χ3n) is 1.93. The Morgan fingerprint density at radius 1 is 1.59 bits per heavy atom. The molecular formula is C10H7F3N2O2. The van der Waals surface area contributed by atoms with Gasteiger partial charge in [-0.1, -0.05) is 0 Å². The lowest BCUT2D eigenvalue weighted by Crippen LogP contribution is -2.12. The predicted molar refractivity (Wildman–Crippen MR) is 49.7 cm³/mol. The Morgan fingerprint density at radius 3 is 2.71 bits per heavy atom. The van der Waals surface area contributed by atoms with Gasteiger partial charge in [0.25, 0.3) is 0 Å². The molecule has 0 spiro atoms. The number of nitriles is 1. The van der Waals surface area contributed by atoms with Crippen LogP contribution in [0, 0.1) is 11.3 Å². The van der Waals surface area contributed by atoms with Crippen molar-refractivity contribution in [2.75, 3.05) is 7.11 Å². The first-order valence-corrected chi connectivity index (χ1v) is 4.41. The Kier molecular flexibility index (Phi) is 3.68. The number of hydrogen-bond donors (Lipinski definition) is 0. The zero-order chi connectivity index (χ0) is 13.1. The monoisotopic (exact) mass is 244 g/mol. The summed E-state index contributed by atoms with van der Waals surface area (Å²) >= 11 is 0. The number of pyridine rings is 1. The van der Waals surface area contributed by atoms with Crippen LogP contribution in [-0.2, 0) is 22.1 Å². The number of methoxy groups -OCH3 is 1. The number of ether oxygens (including phenoxy) is 1. The summed E-state index contributed by atoms with van der Waals surface area (Å²) in [6, 6.07) is 2.07. The lowest BCUT2D eigenvalue weighted by Gasteiger charge is -2.09. The van der Waals surface area contributed by atoms with Gasteiger partial charge >= 0.3 is 12.1 Å². The fraction of sp³-hybridized carbons (Fsp3) is 0.300. The second kappa shape index (κ2) is 4.82. The Morgan fingerprint density at radius 2 is 2.24 bits per heavy atom. The summed E-state index contributed by atoms with van der Waals surface area (Å²) in [4.78, 5) is 14.3. The van der Waals surface area contributed by atoms with Crippen molar-refractivity contribution < 1.29 is 22.7 Å². The van der Waals surface area contributed by atoms with Gasteiger partial charge in [0.2, 0.25) is 0 Å². The Hall–Kier alpha value is -2.10. The van der Waals surface area contributed by atoms with Gasteiger partial charge in [0.05, 0.1) is 19.1 Å².